The van der Waals surface area contributed by atoms with Gasteiger partial charge in [-0.2, -0.15) is 0 Å². The molecule has 0 aromatic carbocycles. The normalized spacial score (nSPS) is 33.5. The third-order valence-corrected chi connectivity index (χ3v) is 4.56. The van der Waals surface area contributed by atoms with E-state index in [1.165, 1.54) is 6.33 Å². The molecule has 7 heteroatoms. The largest absolute Gasteiger partial charge is 0.349 e. The highest BCUT2D eigenvalue weighted by molar-refractivity contribution is 6.33. The van der Waals surface area contributed by atoms with Crippen LogP contribution in [0, 0.1) is 0 Å². The Balaban J connectivity index is 1.77. The van der Waals surface area contributed by atoms with E-state index in [-0.39, 0.29) is 24.5 Å². The van der Waals surface area contributed by atoms with Crippen LogP contribution >= 0.6 is 11.6 Å². The van der Waals surface area contributed by atoms with Crippen LogP contribution in [0.15, 0.2) is 18.6 Å². The summed E-state index contributed by atoms with van der Waals surface area (Å²) in [6.45, 7) is 5.95. The number of fused-ring (bicyclic) bond motifs is 2. The molecule has 4 heterocycles. The van der Waals surface area contributed by atoms with Crippen LogP contribution in [0.3, 0.4) is 0 Å². The van der Waals surface area contributed by atoms with E-state index in [1.807, 2.05) is 30.7 Å². The number of hydrogen-bond acceptors (Lipinski definition) is 5. The predicted molar refractivity (Wildman–Crippen MR) is 80.6 cm³/mol. The van der Waals surface area contributed by atoms with Crippen molar-refractivity contribution in [1.29, 1.82) is 0 Å². The Bertz CT molecular complexity index is 717. The van der Waals surface area contributed by atoms with E-state index < -0.39 is 5.79 Å². The smallest absolute Gasteiger partial charge is 0.164 e. The van der Waals surface area contributed by atoms with Gasteiger partial charge in [0, 0.05) is 6.20 Å². The maximum absolute atomic E-state index is 6.17. The molecule has 22 heavy (non-hydrogen) atoms. The fourth-order valence-electron chi connectivity index (χ4n) is 3.36. The fraction of sp³-hybridized carbons (Fsp3) is 0.600. The Morgan fingerprint density at radius 2 is 2.05 bits per heavy atom. The molecule has 0 unspecified atom stereocenters. The first-order valence-electron chi connectivity index (χ1n) is 7.48. The number of hydrogen-bond donors (Lipinski definition) is 0. The minimum atomic E-state index is -0.597. The van der Waals surface area contributed by atoms with Gasteiger partial charge >= 0.3 is 0 Å². The van der Waals surface area contributed by atoms with Crippen molar-refractivity contribution in [2.24, 2.45) is 0 Å². The van der Waals surface area contributed by atoms with Gasteiger partial charge < -0.3 is 18.8 Å². The molecule has 6 nitrogen and oxygen atoms in total. The number of rotatable bonds is 2. The highest BCUT2D eigenvalue weighted by atomic mass is 35.5. The molecular formula is C15H18ClN3O3. The van der Waals surface area contributed by atoms with Crippen molar-refractivity contribution in [2.75, 3.05) is 0 Å². The zero-order valence-corrected chi connectivity index (χ0v) is 13.4. The van der Waals surface area contributed by atoms with Gasteiger partial charge in [-0.3, -0.25) is 0 Å². The van der Waals surface area contributed by atoms with Crippen molar-refractivity contribution in [1.82, 2.24) is 14.5 Å². The molecule has 0 saturated carbocycles. The molecule has 4 atom stereocenters. The summed E-state index contributed by atoms with van der Waals surface area (Å²) in [6.07, 6.45) is 3.74. The van der Waals surface area contributed by atoms with Gasteiger partial charge in [0.1, 0.15) is 29.3 Å². The Morgan fingerprint density at radius 1 is 1.27 bits per heavy atom. The summed E-state index contributed by atoms with van der Waals surface area (Å²) in [7, 11) is 0. The molecule has 0 aliphatic carbocycles. The van der Waals surface area contributed by atoms with Crippen LogP contribution < -0.4 is 0 Å². The monoisotopic (exact) mass is 323 g/mol. The fourth-order valence-corrected chi connectivity index (χ4v) is 3.55. The molecule has 2 fully saturated rings. The summed E-state index contributed by atoms with van der Waals surface area (Å²) in [6, 6.07) is 1.90. The van der Waals surface area contributed by atoms with Gasteiger partial charge in [0.05, 0.1) is 11.5 Å². The van der Waals surface area contributed by atoms with E-state index in [2.05, 4.69) is 16.9 Å². The van der Waals surface area contributed by atoms with Gasteiger partial charge in [0.25, 0.3) is 0 Å². The molecule has 2 aliphatic rings. The summed E-state index contributed by atoms with van der Waals surface area (Å²) in [5.74, 6) is -0.597. The van der Waals surface area contributed by atoms with E-state index in [1.54, 1.807) is 0 Å². The first-order valence-corrected chi connectivity index (χ1v) is 7.86. The van der Waals surface area contributed by atoms with E-state index >= 15 is 0 Å². The first kappa shape index (κ1) is 14.4. The minimum absolute atomic E-state index is 0.00605. The van der Waals surface area contributed by atoms with Crippen molar-refractivity contribution < 1.29 is 14.2 Å². The molecule has 0 bridgehead atoms. The third kappa shape index (κ3) is 2.06. The van der Waals surface area contributed by atoms with Gasteiger partial charge in [-0.05, 0) is 26.3 Å². The molecule has 2 aromatic heterocycles. The van der Waals surface area contributed by atoms with Crippen molar-refractivity contribution in [3.8, 4) is 0 Å². The maximum Gasteiger partial charge on any atom is 0.164 e. The van der Waals surface area contributed by atoms with Crippen LogP contribution in [-0.4, -0.2) is 38.6 Å². The minimum Gasteiger partial charge on any atom is -0.349 e. The summed E-state index contributed by atoms with van der Waals surface area (Å²) in [4.78, 5) is 8.35. The van der Waals surface area contributed by atoms with E-state index in [0.717, 1.165) is 17.5 Å². The second kappa shape index (κ2) is 4.89. The Hall–Kier alpha value is -1.21. The van der Waals surface area contributed by atoms with Crippen LogP contribution in [-0.2, 0) is 14.2 Å². The van der Waals surface area contributed by atoms with Crippen molar-refractivity contribution in [2.45, 2.75) is 57.5 Å². The second-order valence-electron chi connectivity index (χ2n) is 6.16. The van der Waals surface area contributed by atoms with Gasteiger partial charge in [-0.1, -0.05) is 18.5 Å². The predicted octanol–water partition coefficient (Wildman–Crippen LogP) is 2.91. The maximum atomic E-state index is 6.17. The van der Waals surface area contributed by atoms with Crippen molar-refractivity contribution in [3.05, 3.63) is 23.7 Å². The zero-order valence-electron chi connectivity index (χ0n) is 12.7. The lowest BCUT2D eigenvalue weighted by atomic mass is 10.1. The van der Waals surface area contributed by atoms with Crippen molar-refractivity contribution >= 4 is 22.6 Å². The lowest BCUT2D eigenvalue weighted by Gasteiger charge is -2.24. The van der Waals surface area contributed by atoms with Crippen LogP contribution in [0.4, 0.5) is 0 Å². The lowest BCUT2D eigenvalue weighted by Crippen LogP contribution is -2.28. The molecule has 0 radical (unpaired) electrons. The van der Waals surface area contributed by atoms with E-state index in [9.17, 15) is 0 Å². The molecule has 2 aliphatic heterocycles. The number of halogens is 1. The lowest BCUT2D eigenvalue weighted by molar-refractivity contribution is -0.196. The molecule has 0 spiro atoms. The van der Waals surface area contributed by atoms with Crippen LogP contribution in [0.2, 0.25) is 5.15 Å². The second-order valence-corrected chi connectivity index (χ2v) is 6.52. The summed E-state index contributed by atoms with van der Waals surface area (Å²) in [5.41, 5.74) is 0.744. The van der Waals surface area contributed by atoms with Crippen LogP contribution in [0.1, 0.15) is 33.4 Å². The average molecular weight is 324 g/mol. The SMILES string of the molecule is CC[C@H]1O[C@@H](n2ccc3c(Cl)ncnc32)[C@@H]2OC(C)(C)O[C@@H]21. The van der Waals surface area contributed by atoms with E-state index in [4.69, 9.17) is 25.8 Å². The highest BCUT2D eigenvalue weighted by Crippen LogP contribution is 2.44. The van der Waals surface area contributed by atoms with Crippen LogP contribution in [0.25, 0.3) is 11.0 Å². The Kier molecular flexibility index (Phi) is 3.20. The molecule has 0 N–H and O–H groups in total. The first-order chi connectivity index (χ1) is 10.5. The number of aromatic nitrogens is 3. The molecule has 4 rings (SSSR count). The molecule has 2 aromatic rings. The average Bonchev–Trinajstić information content (AvgIpc) is 3.10. The van der Waals surface area contributed by atoms with Gasteiger partial charge in [-0.25, -0.2) is 9.97 Å². The summed E-state index contributed by atoms with van der Waals surface area (Å²) in [5, 5.41) is 1.25. The summed E-state index contributed by atoms with van der Waals surface area (Å²) < 4.78 is 20.2. The van der Waals surface area contributed by atoms with E-state index in [0.29, 0.717) is 5.15 Å². The Labute approximate surface area is 133 Å². The quantitative estimate of drug-likeness (QED) is 0.795. The van der Waals surface area contributed by atoms with Crippen molar-refractivity contribution in [3.63, 3.8) is 0 Å². The number of nitrogens with zero attached hydrogens (tertiary/aromatic N) is 3. The standard InChI is InChI=1S/C15H18ClN3O3/c1-4-9-10-11(22-15(2,3)21-10)14(20-9)19-6-5-8-12(16)17-7-18-13(8)19/h5-7,9-11,14H,4H2,1-3H3/t9-,10-,11-,14-/m1/s1. The van der Waals surface area contributed by atoms with Crippen LogP contribution in [0.5, 0.6) is 0 Å². The van der Waals surface area contributed by atoms with Gasteiger partial charge in [0.2, 0.25) is 0 Å². The molecule has 2 saturated heterocycles. The molecule has 0 amide bonds. The molecular weight excluding hydrogens is 306 g/mol. The molecule has 118 valence electrons. The van der Waals surface area contributed by atoms with Gasteiger partial charge in [-0.15, -0.1) is 0 Å². The summed E-state index contributed by atoms with van der Waals surface area (Å²) >= 11 is 6.13. The zero-order chi connectivity index (χ0) is 15.5. The topological polar surface area (TPSA) is 58.4 Å². The van der Waals surface area contributed by atoms with Gasteiger partial charge in [0.15, 0.2) is 12.0 Å². The third-order valence-electron chi connectivity index (χ3n) is 4.26. The number of ether oxygens (including phenoxy) is 3. The Morgan fingerprint density at radius 3 is 2.82 bits per heavy atom. The highest BCUT2D eigenvalue weighted by Gasteiger charge is 2.55.